The topological polar surface area (TPSA) is 55.1 Å². The first-order valence-corrected chi connectivity index (χ1v) is 5.54. The minimum atomic E-state index is -4.86. The maximum Gasteiger partial charge on any atom is 0.454 e. The molecule has 104 valence electrons. The van der Waals surface area contributed by atoms with E-state index in [1.165, 1.54) is 6.92 Å². The normalized spacial score (nSPS) is 12.4. The van der Waals surface area contributed by atoms with Gasteiger partial charge in [0.2, 0.25) is 0 Å². The van der Waals surface area contributed by atoms with Gasteiger partial charge in [0, 0.05) is 11.8 Å². The molecule has 0 amide bonds. The van der Waals surface area contributed by atoms with Crippen molar-refractivity contribution in [3.63, 3.8) is 0 Å². The summed E-state index contributed by atoms with van der Waals surface area (Å²) in [5.41, 5.74) is 8.66. The van der Waals surface area contributed by atoms with Crippen molar-refractivity contribution >= 4 is 17.2 Å². The Morgan fingerprint density at radius 3 is 2.32 bits per heavy atom. The number of anilines is 2. The molecule has 1 aromatic rings. The Morgan fingerprint density at radius 2 is 1.79 bits per heavy atom. The zero-order chi connectivity index (χ0) is 14.8. The van der Waals surface area contributed by atoms with Crippen molar-refractivity contribution in [1.82, 2.24) is 0 Å². The second kappa shape index (κ2) is 5.34. The van der Waals surface area contributed by atoms with Gasteiger partial charge in [0.25, 0.3) is 5.78 Å². The zero-order valence-corrected chi connectivity index (χ0v) is 10.9. The van der Waals surface area contributed by atoms with Gasteiger partial charge in [-0.25, -0.2) is 0 Å². The van der Waals surface area contributed by atoms with Gasteiger partial charge in [0.1, 0.15) is 0 Å². The van der Waals surface area contributed by atoms with Crippen LogP contribution in [0.1, 0.15) is 18.1 Å². The molecule has 3 nitrogen and oxygen atoms in total. The lowest BCUT2D eigenvalue weighted by atomic mass is 10.1. The Kier molecular flexibility index (Phi) is 4.24. The van der Waals surface area contributed by atoms with Crippen LogP contribution in [0.5, 0.6) is 0 Å². The third-order valence-corrected chi connectivity index (χ3v) is 2.62. The van der Waals surface area contributed by atoms with Crippen LogP contribution in [0.15, 0.2) is 23.9 Å². The quantitative estimate of drug-likeness (QED) is 0.655. The van der Waals surface area contributed by atoms with E-state index in [0.717, 1.165) is 11.1 Å². The first kappa shape index (κ1) is 15.1. The summed E-state index contributed by atoms with van der Waals surface area (Å²) in [5, 5.41) is 2.70. The molecule has 0 radical (unpaired) electrons. The standard InChI is InChI=1S/C13H15F3N2O/c1-7-4-10(17)11(5-8(7)2)18-9(3)6-12(19)13(14,15)16/h4-6,18H,17H2,1-3H3/b9-6+. The number of hydrogen-bond donors (Lipinski definition) is 2. The Bertz CT molecular complexity index is 533. The van der Waals surface area contributed by atoms with E-state index < -0.39 is 12.0 Å². The van der Waals surface area contributed by atoms with Crippen molar-refractivity contribution in [2.45, 2.75) is 26.9 Å². The monoisotopic (exact) mass is 272 g/mol. The van der Waals surface area contributed by atoms with Gasteiger partial charge in [0.15, 0.2) is 0 Å². The van der Waals surface area contributed by atoms with Crippen molar-refractivity contribution in [1.29, 1.82) is 0 Å². The van der Waals surface area contributed by atoms with Gasteiger partial charge < -0.3 is 11.1 Å². The van der Waals surface area contributed by atoms with Crippen molar-refractivity contribution in [3.8, 4) is 0 Å². The maximum absolute atomic E-state index is 12.1. The SMILES string of the molecule is C/C(=C\C(=O)C(F)(F)F)Nc1cc(C)c(C)cc1N. The van der Waals surface area contributed by atoms with Gasteiger partial charge >= 0.3 is 6.18 Å². The average Bonchev–Trinajstić information content (AvgIpc) is 2.24. The summed E-state index contributed by atoms with van der Waals surface area (Å²) in [6, 6.07) is 3.44. The second-order valence-corrected chi connectivity index (χ2v) is 4.34. The molecule has 0 heterocycles. The molecular formula is C13H15F3N2O. The molecule has 0 aliphatic carbocycles. The number of rotatable bonds is 3. The lowest BCUT2D eigenvalue weighted by Crippen LogP contribution is -2.21. The Hall–Kier alpha value is -1.98. The summed E-state index contributed by atoms with van der Waals surface area (Å²) in [5.74, 6) is -1.90. The van der Waals surface area contributed by atoms with E-state index >= 15 is 0 Å². The first-order valence-electron chi connectivity index (χ1n) is 5.54. The molecule has 1 aromatic carbocycles. The molecule has 1 rings (SSSR count). The fraction of sp³-hybridized carbons (Fsp3) is 0.308. The van der Waals surface area contributed by atoms with Gasteiger partial charge in [-0.05, 0) is 44.0 Å². The van der Waals surface area contributed by atoms with Crippen LogP contribution in [0.3, 0.4) is 0 Å². The number of nitrogens with two attached hydrogens (primary N) is 1. The van der Waals surface area contributed by atoms with Crippen molar-refractivity contribution < 1.29 is 18.0 Å². The smallest absolute Gasteiger partial charge is 0.397 e. The maximum atomic E-state index is 12.1. The van der Waals surface area contributed by atoms with Crippen LogP contribution >= 0.6 is 0 Å². The second-order valence-electron chi connectivity index (χ2n) is 4.34. The summed E-state index contributed by atoms with van der Waals surface area (Å²) in [4.78, 5) is 10.8. The number of hydrogen-bond acceptors (Lipinski definition) is 3. The Balaban J connectivity index is 2.95. The molecule has 0 aliphatic heterocycles. The van der Waals surface area contributed by atoms with E-state index in [0.29, 0.717) is 17.5 Å². The van der Waals surface area contributed by atoms with E-state index in [1.54, 1.807) is 12.1 Å². The third kappa shape index (κ3) is 4.01. The van der Waals surface area contributed by atoms with E-state index in [-0.39, 0.29) is 5.70 Å². The molecule has 0 saturated carbocycles. The molecule has 0 atom stereocenters. The summed E-state index contributed by atoms with van der Waals surface area (Å²) >= 11 is 0. The Morgan fingerprint density at radius 1 is 1.26 bits per heavy atom. The highest BCUT2D eigenvalue weighted by molar-refractivity contribution is 5.95. The van der Waals surface area contributed by atoms with Crippen molar-refractivity contribution in [2.75, 3.05) is 11.1 Å². The van der Waals surface area contributed by atoms with Crippen molar-refractivity contribution in [2.24, 2.45) is 0 Å². The lowest BCUT2D eigenvalue weighted by molar-refractivity contribution is -0.165. The van der Waals surface area contributed by atoms with E-state index in [9.17, 15) is 18.0 Å². The molecule has 0 spiro atoms. The molecular weight excluding hydrogens is 257 g/mol. The molecule has 6 heteroatoms. The van der Waals surface area contributed by atoms with Crippen LogP contribution in [0.25, 0.3) is 0 Å². The first-order chi connectivity index (χ1) is 8.61. The molecule has 0 aliphatic rings. The summed E-state index contributed by atoms with van der Waals surface area (Å²) in [6.45, 7) is 5.11. The molecule has 3 N–H and O–H groups in total. The summed E-state index contributed by atoms with van der Waals surface area (Å²) in [7, 11) is 0. The number of aryl methyl sites for hydroxylation is 2. The highest BCUT2D eigenvalue weighted by atomic mass is 19.4. The summed E-state index contributed by atoms with van der Waals surface area (Å²) < 4.78 is 36.3. The number of benzene rings is 1. The molecule has 19 heavy (non-hydrogen) atoms. The predicted octanol–water partition coefficient (Wildman–Crippen LogP) is 3.33. The van der Waals surface area contributed by atoms with Gasteiger partial charge in [0.05, 0.1) is 11.4 Å². The minimum Gasteiger partial charge on any atom is -0.397 e. The molecule has 0 aromatic heterocycles. The number of halogens is 3. The number of nitrogen functional groups attached to an aromatic ring is 1. The molecule has 0 saturated heterocycles. The van der Waals surface area contributed by atoms with Crippen LogP contribution in [-0.4, -0.2) is 12.0 Å². The predicted molar refractivity (Wildman–Crippen MR) is 68.8 cm³/mol. The van der Waals surface area contributed by atoms with Gasteiger partial charge in [-0.3, -0.25) is 4.79 Å². The number of carbonyl (C=O) groups excluding carboxylic acids is 1. The molecule has 0 bridgehead atoms. The number of allylic oxidation sites excluding steroid dienone is 2. The Labute approximate surface area is 109 Å². The van der Waals surface area contributed by atoms with E-state index in [1.807, 2.05) is 13.8 Å². The fourth-order valence-electron chi connectivity index (χ4n) is 1.47. The van der Waals surface area contributed by atoms with Gasteiger partial charge in [-0.15, -0.1) is 0 Å². The van der Waals surface area contributed by atoms with Crippen LogP contribution < -0.4 is 11.1 Å². The minimum absolute atomic E-state index is 0.0808. The van der Waals surface area contributed by atoms with Crippen molar-refractivity contribution in [3.05, 3.63) is 35.0 Å². The van der Waals surface area contributed by atoms with Gasteiger partial charge in [-0.2, -0.15) is 13.2 Å². The zero-order valence-electron chi connectivity index (χ0n) is 10.9. The van der Waals surface area contributed by atoms with Crippen LogP contribution in [0.2, 0.25) is 0 Å². The molecule has 0 unspecified atom stereocenters. The van der Waals surface area contributed by atoms with Crippen LogP contribution in [-0.2, 0) is 4.79 Å². The fourth-order valence-corrected chi connectivity index (χ4v) is 1.47. The summed E-state index contributed by atoms with van der Waals surface area (Å²) in [6.07, 6.45) is -4.35. The van der Waals surface area contributed by atoms with Crippen LogP contribution in [0, 0.1) is 13.8 Å². The number of alkyl halides is 3. The van der Waals surface area contributed by atoms with Crippen LogP contribution in [0.4, 0.5) is 24.5 Å². The molecule has 0 fully saturated rings. The third-order valence-electron chi connectivity index (χ3n) is 2.62. The largest absolute Gasteiger partial charge is 0.454 e. The number of ketones is 1. The average molecular weight is 272 g/mol. The highest BCUT2D eigenvalue weighted by Crippen LogP contribution is 2.25. The van der Waals surface area contributed by atoms with E-state index in [4.69, 9.17) is 5.73 Å². The van der Waals surface area contributed by atoms with E-state index in [2.05, 4.69) is 5.32 Å². The highest BCUT2D eigenvalue weighted by Gasteiger charge is 2.36. The number of carbonyl (C=O) groups is 1. The van der Waals surface area contributed by atoms with Gasteiger partial charge in [-0.1, -0.05) is 0 Å². The lowest BCUT2D eigenvalue weighted by Gasteiger charge is -2.12. The number of nitrogens with one attached hydrogen (secondary N) is 1.